The monoisotopic (exact) mass is 303 g/mol. The third kappa shape index (κ3) is 4.43. The molecule has 0 saturated heterocycles. The summed E-state index contributed by atoms with van der Waals surface area (Å²) in [5, 5.41) is 4.59. The molecule has 1 aromatic heterocycles. The number of hydrogen-bond acceptors (Lipinski definition) is 4. The molecule has 0 radical (unpaired) electrons. The number of amides is 1. The van der Waals surface area contributed by atoms with Crippen molar-refractivity contribution in [1.29, 1.82) is 0 Å². The predicted molar refractivity (Wildman–Crippen MR) is 82.1 cm³/mol. The highest BCUT2D eigenvalue weighted by atomic mass is 32.1. The Hall–Kier alpha value is -2.14. The molecule has 110 valence electrons. The van der Waals surface area contributed by atoms with Crippen LogP contribution in [0.3, 0.4) is 0 Å². The summed E-state index contributed by atoms with van der Waals surface area (Å²) in [6, 6.07) is 13.1. The maximum atomic E-state index is 12.1. The molecule has 4 nitrogen and oxygen atoms in total. The topological polar surface area (TPSA) is 55.4 Å². The minimum absolute atomic E-state index is 0.272. The minimum atomic E-state index is -0.761. The first-order chi connectivity index (χ1) is 10.2. The van der Waals surface area contributed by atoms with E-state index in [4.69, 9.17) is 4.74 Å². The van der Waals surface area contributed by atoms with Crippen molar-refractivity contribution >= 4 is 23.2 Å². The fourth-order valence-corrected chi connectivity index (χ4v) is 2.41. The summed E-state index contributed by atoms with van der Waals surface area (Å²) in [7, 11) is 0. The Labute approximate surface area is 127 Å². The lowest BCUT2D eigenvalue weighted by atomic mass is 10.2. The lowest BCUT2D eigenvalue weighted by Crippen LogP contribution is -2.37. The van der Waals surface area contributed by atoms with Gasteiger partial charge in [0.05, 0.1) is 0 Å². The van der Waals surface area contributed by atoms with Gasteiger partial charge in [0, 0.05) is 6.54 Å². The molecular weight excluding hydrogens is 286 g/mol. The summed E-state index contributed by atoms with van der Waals surface area (Å²) in [6.07, 6.45) is -0.319. The van der Waals surface area contributed by atoms with Gasteiger partial charge in [-0.2, -0.15) is 0 Å². The Kier molecular flexibility index (Phi) is 5.51. The number of rotatable bonds is 6. The highest BCUT2D eigenvalue weighted by Crippen LogP contribution is 2.12. The third-order valence-electron chi connectivity index (χ3n) is 2.94. The highest BCUT2D eigenvalue weighted by molar-refractivity contribution is 7.11. The molecule has 0 fully saturated rings. The molecule has 2 rings (SSSR count). The van der Waals surface area contributed by atoms with Crippen molar-refractivity contribution in [3.8, 4) is 0 Å². The Morgan fingerprint density at radius 2 is 1.95 bits per heavy atom. The molecule has 0 aliphatic rings. The number of benzene rings is 1. The second-order valence-electron chi connectivity index (χ2n) is 4.48. The van der Waals surface area contributed by atoms with Crippen LogP contribution in [0.4, 0.5) is 0 Å². The van der Waals surface area contributed by atoms with Crippen molar-refractivity contribution in [3.63, 3.8) is 0 Å². The van der Waals surface area contributed by atoms with Gasteiger partial charge in [-0.3, -0.25) is 4.79 Å². The van der Waals surface area contributed by atoms with Crippen LogP contribution in [0.5, 0.6) is 0 Å². The smallest absolute Gasteiger partial charge is 0.349 e. The van der Waals surface area contributed by atoms with E-state index in [1.54, 1.807) is 17.5 Å². The van der Waals surface area contributed by atoms with Gasteiger partial charge in [-0.1, -0.05) is 43.3 Å². The number of carbonyl (C=O) groups is 2. The first-order valence-electron chi connectivity index (χ1n) is 6.77. The SMILES string of the molecule is CC[C@H](OC(=O)c1cccs1)C(=O)NCc1ccccc1. The van der Waals surface area contributed by atoms with Crippen LogP contribution in [0.1, 0.15) is 28.6 Å². The fraction of sp³-hybridized carbons (Fsp3) is 0.250. The van der Waals surface area contributed by atoms with Gasteiger partial charge in [0.2, 0.25) is 0 Å². The van der Waals surface area contributed by atoms with Gasteiger partial charge in [-0.25, -0.2) is 4.79 Å². The van der Waals surface area contributed by atoms with Crippen molar-refractivity contribution in [1.82, 2.24) is 5.32 Å². The number of esters is 1. The van der Waals surface area contributed by atoms with Crippen LogP contribution in [0.25, 0.3) is 0 Å². The van der Waals surface area contributed by atoms with Crippen molar-refractivity contribution < 1.29 is 14.3 Å². The first-order valence-corrected chi connectivity index (χ1v) is 7.64. The lowest BCUT2D eigenvalue weighted by Gasteiger charge is -2.15. The third-order valence-corrected chi connectivity index (χ3v) is 3.79. The van der Waals surface area contributed by atoms with Crippen molar-refractivity contribution in [2.45, 2.75) is 26.0 Å². The molecule has 1 atom stereocenters. The van der Waals surface area contributed by atoms with E-state index < -0.39 is 12.1 Å². The molecule has 2 aromatic rings. The quantitative estimate of drug-likeness (QED) is 0.835. The molecule has 0 unspecified atom stereocenters. The molecular formula is C16H17NO3S. The lowest BCUT2D eigenvalue weighted by molar-refractivity contribution is -0.130. The molecule has 0 aliphatic heterocycles. The molecule has 0 bridgehead atoms. The van der Waals surface area contributed by atoms with Crippen molar-refractivity contribution in [2.24, 2.45) is 0 Å². The average Bonchev–Trinajstić information content (AvgIpc) is 3.05. The van der Waals surface area contributed by atoms with E-state index in [2.05, 4.69) is 5.32 Å². The molecule has 0 aliphatic carbocycles. The second-order valence-corrected chi connectivity index (χ2v) is 5.43. The van der Waals surface area contributed by atoms with Crippen LogP contribution >= 0.6 is 11.3 Å². The van der Waals surface area contributed by atoms with E-state index in [9.17, 15) is 9.59 Å². The Morgan fingerprint density at radius 1 is 1.19 bits per heavy atom. The van der Waals surface area contributed by atoms with Gasteiger partial charge >= 0.3 is 5.97 Å². The number of ether oxygens (including phenoxy) is 1. The molecule has 5 heteroatoms. The molecule has 0 spiro atoms. The van der Waals surface area contributed by atoms with Crippen molar-refractivity contribution in [3.05, 3.63) is 58.3 Å². The summed E-state index contributed by atoms with van der Waals surface area (Å²) < 4.78 is 5.25. The summed E-state index contributed by atoms with van der Waals surface area (Å²) in [5.41, 5.74) is 1.00. The number of carbonyl (C=O) groups excluding carboxylic acids is 2. The van der Waals surface area contributed by atoms with Crippen LogP contribution in [-0.2, 0) is 16.1 Å². The van der Waals surface area contributed by atoms with Gasteiger partial charge < -0.3 is 10.1 Å². The van der Waals surface area contributed by atoms with Crippen LogP contribution in [0.15, 0.2) is 47.8 Å². The molecule has 21 heavy (non-hydrogen) atoms. The molecule has 1 N–H and O–H groups in total. The number of hydrogen-bond donors (Lipinski definition) is 1. The average molecular weight is 303 g/mol. The van der Waals surface area contributed by atoms with Gasteiger partial charge in [-0.05, 0) is 23.4 Å². The van der Waals surface area contributed by atoms with Crippen LogP contribution in [-0.4, -0.2) is 18.0 Å². The maximum Gasteiger partial charge on any atom is 0.349 e. The van der Waals surface area contributed by atoms with Gasteiger partial charge in [-0.15, -0.1) is 11.3 Å². The number of thiophene rings is 1. The summed E-state index contributed by atoms with van der Waals surface area (Å²) >= 11 is 1.30. The molecule has 1 amide bonds. The number of nitrogens with one attached hydrogen (secondary N) is 1. The van der Waals surface area contributed by atoms with E-state index >= 15 is 0 Å². The van der Waals surface area contributed by atoms with Gasteiger partial charge in [0.1, 0.15) is 4.88 Å². The zero-order valence-corrected chi connectivity index (χ0v) is 12.6. The first kappa shape index (κ1) is 15.3. The second kappa shape index (κ2) is 7.59. The summed E-state index contributed by atoms with van der Waals surface area (Å²) in [5.74, 6) is -0.724. The standard InChI is InChI=1S/C16H17NO3S/c1-2-13(20-16(19)14-9-6-10-21-14)15(18)17-11-12-7-4-3-5-8-12/h3-10,13H,2,11H2,1H3,(H,17,18)/t13-/m0/s1. The van der Waals surface area contributed by atoms with E-state index in [0.717, 1.165) is 5.56 Å². The largest absolute Gasteiger partial charge is 0.448 e. The van der Waals surface area contributed by atoms with Crippen LogP contribution < -0.4 is 5.32 Å². The molecule has 1 heterocycles. The predicted octanol–water partition coefficient (Wildman–Crippen LogP) is 3.00. The Morgan fingerprint density at radius 3 is 2.57 bits per heavy atom. The van der Waals surface area contributed by atoms with E-state index in [-0.39, 0.29) is 5.91 Å². The van der Waals surface area contributed by atoms with Crippen LogP contribution in [0.2, 0.25) is 0 Å². The van der Waals surface area contributed by atoms with Gasteiger partial charge in [0.15, 0.2) is 6.10 Å². The Balaban J connectivity index is 1.88. The minimum Gasteiger partial charge on any atom is -0.448 e. The fourth-order valence-electron chi connectivity index (χ4n) is 1.80. The van der Waals surface area contributed by atoms with Gasteiger partial charge in [0.25, 0.3) is 5.91 Å². The normalized spacial score (nSPS) is 11.7. The maximum absolute atomic E-state index is 12.1. The Bertz CT molecular complexity index is 581. The van der Waals surface area contributed by atoms with Crippen LogP contribution in [0, 0.1) is 0 Å². The zero-order valence-electron chi connectivity index (χ0n) is 11.7. The van der Waals surface area contributed by atoms with E-state index in [1.165, 1.54) is 11.3 Å². The molecule has 1 aromatic carbocycles. The summed E-state index contributed by atoms with van der Waals surface area (Å²) in [6.45, 7) is 2.24. The summed E-state index contributed by atoms with van der Waals surface area (Å²) in [4.78, 5) is 24.4. The zero-order chi connectivity index (χ0) is 15.1. The van der Waals surface area contributed by atoms with Crippen molar-refractivity contribution in [2.75, 3.05) is 0 Å². The van der Waals surface area contributed by atoms with E-state index in [0.29, 0.717) is 17.8 Å². The molecule has 0 saturated carbocycles. The highest BCUT2D eigenvalue weighted by Gasteiger charge is 2.22. The van der Waals surface area contributed by atoms with E-state index in [1.807, 2.05) is 37.3 Å².